The number of hydrogen-bond acceptors (Lipinski definition) is 5. The van der Waals surface area contributed by atoms with E-state index in [-0.39, 0.29) is 17.3 Å². The van der Waals surface area contributed by atoms with Gasteiger partial charge in [0.1, 0.15) is 5.75 Å². The van der Waals surface area contributed by atoms with Crippen LogP contribution in [0.5, 0.6) is 5.75 Å². The highest BCUT2D eigenvalue weighted by molar-refractivity contribution is 7.89. The van der Waals surface area contributed by atoms with Gasteiger partial charge in [-0.05, 0) is 66.9 Å². The molecule has 0 aliphatic carbocycles. The fourth-order valence-corrected chi connectivity index (χ4v) is 3.94. The standard InChI is InChI=1S/C24H27N3O4S/c1-17-13-22(32(25,29)30)14-23(18(17)2)26-24(28)16-27(15-19-7-5-4-6-8-19)20-9-11-21(31-3)12-10-20/h4-14H,15-16H2,1-3H3,(H,26,28)(H2,25,29,30). The van der Waals surface area contributed by atoms with Gasteiger partial charge in [0.15, 0.2) is 0 Å². The largest absolute Gasteiger partial charge is 0.497 e. The number of methoxy groups -OCH3 is 1. The van der Waals surface area contributed by atoms with E-state index in [1.807, 2.05) is 66.4 Å². The molecule has 0 aliphatic rings. The van der Waals surface area contributed by atoms with Gasteiger partial charge >= 0.3 is 0 Å². The zero-order valence-corrected chi connectivity index (χ0v) is 19.1. The van der Waals surface area contributed by atoms with E-state index in [9.17, 15) is 13.2 Å². The minimum Gasteiger partial charge on any atom is -0.497 e. The highest BCUT2D eigenvalue weighted by Crippen LogP contribution is 2.25. The Balaban J connectivity index is 1.86. The summed E-state index contributed by atoms with van der Waals surface area (Å²) in [6, 6.07) is 20.2. The van der Waals surface area contributed by atoms with Crippen LogP contribution in [0.15, 0.2) is 71.6 Å². The first kappa shape index (κ1) is 23.3. The lowest BCUT2D eigenvalue weighted by Crippen LogP contribution is -2.33. The van der Waals surface area contributed by atoms with Crippen LogP contribution >= 0.6 is 0 Å². The summed E-state index contributed by atoms with van der Waals surface area (Å²) in [7, 11) is -2.29. The molecule has 3 N–H and O–H groups in total. The number of anilines is 2. The minimum absolute atomic E-state index is 0.0350. The highest BCUT2D eigenvalue weighted by atomic mass is 32.2. The Bertz CT molecular complexity index is 1190. The zero-order chi connectivity index (χ0) is 23.3. The monoisotopic (exact) mass is 453 g/mol. The van der Waals surface area contributed by atoms with Gasteiger partial charge < -0.3 is 15.0 Å². The van der Waals surface area contributed by atoms with E-state index in [1.165, 1.54) is 12.1 Å². The molecule has 168 valence electrons. The van der Waals surface area contributed by atoms with Crippen LogP contribution in [-0.2, 0) is 21.4 Å². The molecule has 8 heteroatoms. The van der Waals surface area contributed by atoms with Gasteiger partial charge in [-0.15, -0.1) is 0 Å². The lowest BCUT2D eigenvalue weighted by atomic mass is 10.1. The number of ether oxygens (including phenoxy) is 1. The van der Waals surface area contributed by atoms with E-state index in [2.05, 4.69) is 5.32 Å². The predicted molar refractivity (Wildman–Crippen MR) is 126 cm³/mol. The third-order valence-corrected chi connectivity index (χ3v) is 6.12. The SMILES string of the molecule is COc1ccc(N(CC(=O)Nc2cc(S(N)(=O)=O)cc(C)c2C)Cc2ccccc2)cc1. The maximum Gasteiger partial charge on any atom is 0.243 e. The summed E-state index contributed by atoms with van der Waals surface area (Å²) in [5.41, 5.74) is 3.84. The van der Waals surface area contributed by atoms with Crippen LogP contribution in [0, 0.1) is 13.8 Å². The molecule has 32 heavy (non-hydrogen) atoms. The van der Waals surface area contributed by atoms with Gasteiger partial charge in [-0.2, -0.15) is 0 Å². The molecule has 0 heterocycles. The van der Waals surface area contributed by atoms with Gasteiger partial charge in [-0.3, -0.25) is 4.79 Å². The number of hydrogen-bond donors (Lipinski definition) is 2. The number of carbonyl (C=O) groups excluding carboxylic acids is 1. The summed E-state index contributed by atoms with van der Waals surface area (Å²) in [4.78, 5) is 14.9. The van der Waals surface area contributed by atoms with Crippen LogP contribution < -0.4 is 20.1 Å². The molecular weight excluding hydrogens is 426 g/mol. The molecule has 0 bridgehead atoms. The first-order valence-corrected chi connectivity index (χ1v) is 11.6. The average Bonchev–Trinajstić information content (AvgIpc) is 2.76. The van der Waals surface area contributed by atoms with Crippen molar-refractivity contribution in [1.29, 1.82) is 0 Å². The molecule has 3 aromatic carbocycles. The minimum atomic E-state index is -3.89. The van der Waals surface area contributed by atoms with Gasteiger partial charge in [-0.1, -0.05) is 30.3 Å². The summed E-state index contributed by atoms with van der Waals surface area (Å²) < 4.78 is 28.8. The Kier molecular flexibility index (Phi) is 7.17. The maximum atomic E-state index is 13.0. The first-order valence-electron chi connectivity index (χ1n) is 10.0. The number of benzene rings is 3. The topological polar surface area (TPSA) is 102 Å². The summed E-state index contributed by atoms with van der Waals surface area (Å²) in [5, 5.41) is 8.13. The molecule has 0 spiro atoms. The molecule has 3 aromatic rings. The fourth-order valence-electron chi connectivity index (χ4n) is 3.32. The van der Waals surface area contributed by atoms with Crippen LogP contribution in [0.4, 0.5) is 11.4 Å². The normalized spacial score (nSPS) is 11.1. The van der Waals surface area contributed by atoms with Crippen LogP contribution in [0.1, 0.15) is 16.7 Å². The molecule has 7 nitrogen and oxygen atoms in total. The van der Waals surface area contributed by atoms with Crippen LogP contribution in [0.2, 0.25) is 0 Å². The predicted octanol–water partition coefficient (Wildman–Crippen LogP) is 3.60. The molecule has 0 unspecified atom stereocenters. The van der Waals surface area contributed by atoms with Crippen molar-refractivity contribution in [3.05, 3.63) is 83.4 Å². The summed E-state index contributed by atoms with van der Waals surface area (Å²) in [5.74, 6) is 0.453. The molecule has 0 fully saturated rings. The number of nitrogens with zero attached hydrogens (tertiary/aromatic N) is 1. The maximum absolute atomic E-state index is 13.0. The third-order valence-electron chi connectivity index (χ3n) is 5.23. The number of nitrogens with one attached hydrogen (secondary N) is 1. The summed E-state index contributed by atoms with van der Waals surface area (Å²) >= 11 is 0. The molecule has 0 aliphatic heterocycles. The van der Waals surface area contributed by atoms with Gasteiger partial charge in [0.05, 0.1) is 18.6 Å². The quantitative estimate of drug-likeness (QED) is 0.543. The molecule has 1 amide bonds. The van der Waals surface area contributed by atoms with Crippen LogP contribution in [-0.4, -0.2) is 28.0 Å². The number of aryl methyl sites for hydroxylation is 1. The highest BCUT2D eigenvalue weighted by Gasteiger charge is 2.17. The molecule has 0 aromatic heterocycles. The van der Waals surface area contributed by atoms with Gasteiger partial charge in [-0.25, -0.2) is 13.6 Å². The second-order valence-electron chi connectivity index (χ2n) is 7.55. The average molecular weight is 454 g/mol. The Labute approximate surface area is 188 Å². The van der Waals surface area contributed by atoms with Crippen molar-refractivity contribution in [2.24, 2.45) is 5.14 Å². The molecule has 3 rings (SSSR count). The van der Waals surface area contributed by atoms with Crippen molar-refractivity contribution in [2.45, 2.75) is 25.3 Å². The van der Waals surface area contributed by atoms with Crippen molar-refractivity contribution in [2.75, 3.05) is 23.9 Å². The number of primary sulfonamides is 1. The van der Waals surface area contributed by atoms with Crippen LogP contribution in [0.3, 0.4) is 0 Å². The lowest BCUT2D eigenvalue weighted by molar-refractivity contribution is -0.115. The Morgan fingerprint density at radius 3 is 2.28 bits per heavy atom. The van der Waals surface area contributed by atoms with E-state index in [4.69, 9.17) is 9.88 Å². The van der Waals surface area contributed by atoms with Crippen molar-refractivity contribution in [1.82, 2.24) is 0 Å². The van der Waals surface area contributed by atoms with E-state index in [0.29, 0.717) is 12.2 Å². The van der Waals surface area contributed by atoms with Crippen LogP contribution in [0.25, 0.3) is 0 Å². The molecule has 0 saturated carbocycles. The number of rotatable bonds is 8. The van der Waals surface area contributed by atoms with E-state index in [1.54, 1.807) is 14.0 Å². The molecule has 0 saturated heterocycles. The summed E-state index contributed by atoms with van der Waals surface area (Å²) in [6.07, 6.45) is 0. The van der Waals surface area contributed by atoms with Crippen molar-refractivity contribution >= 4 is 27.3 Å². The smallest absolute Gasteiger partial charge is 0.243 e. The van der Waals surface area contributed by atoms with Crippen molar-refractivity contribution < 1.29 is 17.9 Å². The number of nitrogens with two attached hydrogens (primary N) is 1. The van der Waals surface area contributed by atoms with Crippen molar-refractivity contribution in [3.8, 4) is 5.75 Å². The second-order valence-corrected chi connectivity index (χ2v) is 9.11. The first-order chi connectivity index (χ1) is 15.2. The number of carbonyl (C=O) groups is 1. The number of amides is 1. The van der Waals surface area contributed by atoms with E-state index >= 15 is 0 Å². The number of sulfonamides is 1. The molecule has 0 radical (unpaired) electrons. The molecular formula is C24H27N3O4S. The Morgan fingerprint density at radius 1 is 1.03 bits per heavy atom. The van der Waals surface area contributed by atoms with Crippen molar-refractivity contribution in [3.63, 3.8) is 0 Å². The van der Waals surface area contributed by atoms with Gasteiger partial charge in [0.2, 0.25) is 15.9 Å². The van der Waals surface area contributed by atoms with Gasteiger partial charge in [0, 0.05) is 17.9 Å². The van der Waals surface area contributed by atoms with E-state index in [0.717, 1.165) is 28.1 Å². The Morgan fingerprint density at radius 2 is 1.69 bits per heavy atom. The lowest BCUT2D eigenvalue weighted by Gasteiger charge is -2.25. The zero-order valence-electron chi connectivity index (χ0n) is 18.3. The van der Waals surface area contributed by atoms with Gasteiger partial charge in [0.25, 0.3) is 0 Å². The summed E-state index contributed by atoms with van der Waals surface area (Å²) in [6.45, 7) is 4.19. The second kappa shape index (κ2) is 9.84. The van der Waals surface area contributed by atoms with E-state index < -0.39 is 10.0 Å². The molecule has 0 atom stereocenters. The third kappa shape index (κ3) is 5.87. The fraction of sp³-hybridized carbons (Fsp3) is 0.208. The Hall–Kier alpha value is -3.36.